The average molecular weight is 220 g/mol. The third kappa shape index (κ3) is 2.99. The summed E-state index contributed by atoms with van der Waals surface area (Å²) in [5.41, 5.74) is 0. The van der Waals surface area contributed by atoms with Crippen molar-refractivity contribution in [3.05, 3.63) is 0 Å². The lowest BCUT2D eigenvalue weighted by molar-refractivity contribution is 0.592. The Balaban J connectivity index is 5.70. The highest BCUT2D eigenvalue weighted by molar-refractivity contribution is 8.73. The van der Waals surface area contributed by atoms with E-state index in [2.05, 4.69) is 0 Å². The predicted molar refractivity (Wildman–Crippen MR) is 38.7 cm³/mol. The van der Waals surface area contributed by atoms with Crippen LogP contribution >= 0.6 is 0 Å². The van der Waals surface area contributed by atoms with Gasteiger partial charge in [-0.1, -0.05) is 0 Å². The van der Waals surface area contributed by atoms with Crippen LogP contribution in [-0.4, -0.2) is 36.2 Å². The molecule has 6 nitrogen and oxygen atoms in total. The molecule has 0 unspecified atom stereocenters. The fourth-order valence-corrected chi connectivity index (χ4v) is 3.37. The largest absolute Gasteiger partial charge is 0.289 e. The zero-order chi connectivity index (χ0) is 9.28. The summed E-state index contributed by atoms with van der Waals surface area (Å²) in [6.07, 6.45) is 0.408. The highest BCUT2D eigenvalue weighted by Gasteiger charge is 2.21. The Labute approximate surface area is 64.6 Å². The molecule has 0 amide bonds. The van der Waals surface area contributed by atoms with Crippen LogP contribution in [0.15, 0.2) is 0 Å². The summed E-state index contributed by atoms with van der Waals surface area (Å²) < 4.78 is 60.7. The number of hydrogen-bond donors (Lipinski definition) is 0. The van der Waals surface area contributed by atoms with E-state index >= 15 is 0 Å². The predicted octanol–water partition coefficient (Wildman–Crippen LogP) is -2.00. The molecule has 0 bridgehead atoms. The summed E-state index contributed by atoms with van der Waals surface area (Å²) in [4.78, 5) is 0. The van der Waals surface area contributed by atoms with E-state index in [-0.39, 0.29) is 4.70 Å². The lowest BCUT2D eigenvalue weighted by Gasteiger charge is -1.88. The fourth-order valence-electron chi connectivity index (χ4n) is 0.168. The van der Waals surface area contributed by atoms with E-state index in [4.69, 9.17) is 0 Å². The molecule has 0 rings (SSSR count). The van der Waals surface area contributed by atoms with Crippen LogP contribution in [-0.2, 0) is 28.0 Å². The van der Waals surface area contributed by atoms with Gasteiger partial charge in [0.05, 0.1) is 6.26 Å². The molecular formula is C2H4O6S3. The quantitative estimate of drug-likeness (QED) is 0.394. The molecule has 0 fully saturated rings. The van der Waals surface area contributed by atoms with Crippen LogP contribution in [0.25, 0.3) is 0 Å². The highest BCUT2D eigenvalue weighted by atomic mass is 33.2. The Morgan fingerprint density at radius 2 is 1.45 bits per heavy atom. The standard InChI is InChI=1S/C2H4O6S3/c1-10(5,6)11(7,8)2-9(3)4/h2H,1H3. The molecule has 0 saturated carbocycles. The van der Waals surface area contributed by atoms with Crippen molar-refractivity contribution in [1.82, 2.24) is 0 Å². The first-order valence-electron chi connectivity index (χ1n) is 2.05. The van der Waals surface area contributed by atoms with E-state index in [1.54, 1.807) is 0 Å². The summed E-state index contributed by atoms with van der Waals surface area (Å²) in [6, 6.07) is 0. The monoisotopic (exact) mass is 220 g/mol. The van der Waals surface area contributed by atoms with E-state index in [1.165, 1.54) is 0 Å². The van der Waals surface area contributed by atoms with Gasteiger partial charge in [-0.2, -0.15) is 8.42 Å². The van der Waals surface area contributed by atoms with Crippen molar-refractivity contribution >= 4 is 32.7 Å². The topological polar surface area (TPSA) is 102 Å². The number of rotatable bonds is 2. The van der Waals surface area contributed by atoms with E-state index < -0.39 is 28.0 Å². The smallest absolute Gasteiger partial charge is 0.213 e. The zero-order valence-electron chi connectivity index (χ0n) is 5.25. The maximum Gasteiger partial charge on any atom is 0.289 e. The van der Waals surface area contributed by atoms with Crippen molar-refractivity contribution in [2.45, 2.75) is 0 Å². The maximum atomic E-state index is 10.4. The molecule has 66 valence electrons. The molecule has 9 heteroatoms. The lowest BCUT2D eigenvalue weighted by Crippen LogP contribution is -2.14. The zero-order valence-corrected chi connectivity index (χ0v) is 7.70. The molecule has 11 heavy (non-hydrogen) atoms. The molecule has 0 aromatic carbocycles. The van der Waals surface area contributed by atoms with Crippen molar-refractivity contribution < 1.29 is 25.3 Å². The van der Waals surface area contributed by atoms with Crippen LogP contribution in [0.3, 0.4) is 0 Å². The Morgan fingerprint density at radius 1 is 1.09 bits per heavy atom. The van der Waals surface area contributed by atoms with Gasteiger partial charge in [0.25, 0.3) is 17.7 Å². The van der Waals surface area contributed by atoms with Gasteiger partial charge in [0, 0.05) is 0 Å². The van der Waals surface area contributed by atoms with E-state index in [0.29, 0.717) is 6.26 Å². The molecule has 0 saturated heterocycles. The second-order valence-electron chi connectivity index (χ2n) is 1.55. The van der Waals surface area contributed by atoms with Crippen LogP contribution in [0.2, 0.25) is 0 Å². The molecule has 0 aliphatic rings. The molecule has 0 atom stereocenters. The molecule has 0 N–H and O–H groups in total. The minimum atomic E-state index is -4.66. The van der Waals surface area contributed by atoms with Gasteiger partial charge in [0.15, 0.2) is 4.70 Å². The molecule has 0 heterocycles. The van der Waals surface area contributed by atoms with Gasteiger partial charge < -0.3 is 0 Å². The van der Waals surface area contributed by atoms with Crippen molar-refractivity contribution in [2.75, 3.05) is 6.26 Å². The molecule has 0 aliphatic carbocycles. The van der Waals surface area contributed by atoms with Crippen LogP contribution in [0.4, 0.5) is 0 Å². The second kappa shape index (κ2) is 2.91. The van der Waals surface area contributed by atoms with Gasteiger partial charge in [0.2, 0.25) is 10.3 Å². The minimum Gasteiger partial charge on any atom is -0.213 e. The summed E-state index contributed by atoms with van der Waals surface area (Å²) in [7, 11) is -12.1. The summed E-state index contributed by atoms with van der Waals surface area (Å²) in [5, 5.41) is 0. The molecule has 0 aliphatic heterocycles. The van der Waals surface area contributed by atoms with Crippen molar-refractivity contribution in [1.29, 1.82) is 0 Å². The molecule has 0 aromatic heterocycles. The first-order valence-corrected chi connectivity index (χ1v) is 7.14. The SMILES string of the molecule is CS(=O)(=O)S(=O)(=O)C=S(=O)=O. The third-order valence-corrected chi connectivity index (χ3v) is 6.27. The normalized spacial score (nSPS) is 12.5. The average Bonchev–Trinajstić information content (AvgIpc) is 1.56. The van der Waals surface area contributed by atoms with E-state index in [9.17, 15) is 25.3 Å². The number of hydrogen-bond acceptors (Lipinski definition) is 6. The fraction of sp³-hybridized carbons (Fsp3) is 0.500. The molecular weight excluding hydrogens is 216 g/mol. The molecule has 0 spiro atoms. The Morgan fingerprint density at radius 3 is 1.55 bits per heavy atom. The van der Waals surface area contributed by atoms with Crippen LogP contribution < -0.4 is 0 Å². The Hall–Kier alpha value is -0.410. The van der Waals surface area contributed by atoms with Crippen LogP contribution in [0.5, 0.6) is 0 Å². The minimum absolute atomic E-state index is 0.262. The summed E-state index contributed by atoms with van der Waals surface area (Å²) in [5.74, 6) is 0. The van der Waals surface area contributed by atoms with Crippen LogP contribution in [0, 0.1) is 0 Å². The first-order chi connectivity index (χ1) is 4.67. The van der Waals surface area contributed by atoms with Crippen LogP contribution in [0.1, 0.15) is 0 Å². The highest BCUT2D eigenvalue weighted by Crippen LogP contribution is 1.94. The van der Waals surface area contributed by atoms with Gasteiger partial charge in [0.1, 0.15) is 0 Å². The Kier molecular flexibility index (Phi) is 2.80. The van der Waals surface area contributed by atoms with Crippen molar-refractivity contribution in [2.24, 2.45) is 0 Å². The molecule has 0 aromatic rings. The lowest BCUT2D eigenvalue weighted by atomic mass is 11.9. The van der Waals surface area contributed by atoms with Gasteiger partial charge in [-0.15, -0.1) is 0 Å². The Bertz CT molecular complexity index is 450. The van der Waals surface area contributed by atoms with Crippen molar-refractivity contribution in [3.63, 3.8) is 0 Å². The van der Waals surface area contributed by atoms with E-state index in [0.717, 1.165) is 0 Å². The summed E-state index contributed by atoms with van der Waals surface area (Å²) >= 11 is 0. The van der Waals surface area contributed by atoms with Gasteiger partial charge >= 0.3 is 0 Å². The van der Waals surface area contributed by atoms with E-state index in [1.807, 2.05) is 0 Å². The third-order valence-electron chi connectivity index (χ3n) is 0.618. The summed E-state index contributed by atoms with van der Waals surface area (Å²) in [6.45, 7) is 0. The molecule has 0 radical (unpaired) electrons. The first kappa shape index (κ1) is 10.6. The van der Waals surface area contributed by atoms with Gasteiger partial charge in [-0.3, -0.25) is 0 Å². The van der Waals surface area contributed by atoms with Crippen molar-refractivity contribution in [3.8, 4) is 0 Å². The van der Waals surface area contributed by atoms with Gasteiger partial charge in [-0.05, 0) is 0 Å². The van der Waals surface area contributed by atoms with Gasteiger partial charge in [-0.25, -0.2) is 16.8 Å². The maximum absolute atomic E-state index is 10.4. The second-order valence-corrected chi connectivity index (χ2v) is 8.45.